The minimum Gasteiger partial charge on any atom is -0.494 e. The second-order valence-electron chi connectivity index (χ2n) is 6.70. The van der Waals surface area contributed by atoms with Gasteiger partial charge in [0, 0.05) is 26.1 Å². The van der Waals surface area contributed by atoms with Gasteiger partial charge in [-0.1, -0.05) is 12.5 Å². The van der Waals surface area contributed by atoms with Crippen LogP contribution < -0.4 is 10.4 Å². The highest BCUT2D eigenvalue weighted by molar-refractivity contribution is 5.75. The largest absolute Gasteiger partial charge is 0.494 e. The van der Waals surface area contributed by atoms with E-state index < -0.39 is 5.82 Å². The monoisotopic (exact) mass is 376 g/mol. The predicted molar refractivity (Wildman–Crippen MR) is 98.1 cm³/mol. The molecule has 0 atom stereocenters. The Bertz CT molecular complexity index is 874. The van der Waals surface area contributed by atoms with Crippen molar-refractivity contribution < 1.29 is 13.9 Å². The number of methoxy groups -OCH3 is 1. The third-order valence-corrected chi connectivity index (χ3v) is 4.89. The quantitative estimate of drug-likeness (QED) is 0.773. The fraction of sp³-hybridized carbons (Fsp3) is 0.526. The van der Waals surface area contributed by atoms with Crippen LogP contribution in [0, 0.1) is 5.82 Å². The van der Waals surface area contributed by atoms with Crippen molar-refractivity contribution in [3.63, 3.8) is 0 Å². The van der Waals surface area contributed by atoms with Crippen molar-refractivity contribution >= 4 is 5.91 Å². The van der Waals surface area contributed by atoms with E-state index in [0.717, 1.165) is 31.5 Å². The Balaban J connectivity index is 1.72. The molecule has 0 spiro atoms. The van der Waals surface area contributed by atoms with Crippen molar-refractivity contribution in [2.24, 2.45) is 0 Å². The van der Waals surface area contributed by atoms with Crippen LogP contribution >= 0.6 is 0 Å². The third-order valence-electron chi connectivity index (χ3n) is 4.89. The zero-order valence-electron chi connectivity index (χ0n) is 15.8. The second-order valence-corrected chi connectivity index (χ2v) is 6.70. The lowest BCUT2D eigenvalue weighted by Crippen LogP contribution is -2.37. The Kier molecular flexibility index (Phi) is 5.93. The number of ether oxygens (including phenoxy) is 1. The van der Waals surface area contributed by atoms with Crippen LogP contribution in [0.15, 0.2) is 23.0 Å². The van der Waals surface area contributed by atoms with Gasteiger partial charge in [-0.3, -0.25) is 9.36 Å². The molecule has 27 heavy (non-hydrogen) atoms. The molecule has 7 nitrogen and oxygen atoms in total. The van der Waals surface area contributed by atoms with Gasteiger partial charge in [0.05, 0.1) is 7.11 Å². The minimum atomic E-state index is -0.465. The smallest absolute Gasteiger partial charge is 0.346 e. The van der Waals surface area contributed by atoms with E-state index in [1.54, 1.807) is 21.6 Å². The number of amides is 1. The molecule has 0 unspecified atom stereocenters. The van der Waals surface area contributed by atoms with Gasteiger partial charge in [0.1, 0.15) is 12.4 Å². The van der Waals surface area contributed by atoms with Crippen molar-refractivity contribution in [2.75, 3.05) is 13.7 Å². The molecule has 1 aliphatic heterocycles. The van der Waals surface area contributed by atoms with Crippen LogP contribution in [0.25, 0.3) is 0 Å². The van der Waals surface area contributed by atoms with Crippen LogP contribution in [0.1, 0.15) is 37.6 Å². The van der Waals surface area contributed by atoms with Gasteiger partial charge in [-0.15, -0.1) is 0 Å². The number of benzene rings is 1. The van der Waals surface area contributed by atoms with Crippen molar-refractivity contribution in [3.8, 4) is 5.75 Å². The molecule has 2 heterocycles. The highest BCUT2D eigenvalue weighted by Gasteiger charge is 2.20. The van der Waals surface area contributed by atoms with Crippen LogP contribution in [0.2, 0.25) is 0 Å². The number of rotatable bonds is 6. The summed E-state index contributed by atoms with van der Waals surface area (Å²) in [6.45, 7) is 3.12. The first-order valence-electron chi connectivity index (χ1n) is 9.30. The number of hydrogen-bond acceptors (Lipinski definition) is 4. The molecule has 0 aliphatic carbocycles. The number of hydrogen-bond donors (Lipinski definition) is 0. The van der Waals surface area contributed by atoms with E-state index in [0.29, 0.717) is 18.7 Å². The standard InChI is InChI=1S/C19H25FN4O3/c1-3-22(12-14-8-9-16(27-2)15(20)11-14)18(25)13-24-19(26)23-10-6-4-5-7-17(23)21-24/h8-9,11H,3-7,10,12-13H2,1-2H3. The minimum absolute atomic E-state index is 0.106. The topological polar surface area (TPSA) is 69.4 Å². The average Bonchev–Trinajstić information content (AvgIpc) is 2.83. The second kappa shape index (κ2) is 8.37. The van der Waals surface area contributed by atoms with Crippen LogP contribution in [0.3, 0.4) is 0 Å². The molecule has 146 valence electrons. The molecule has 0 saturated carbocycles. The maximum absolute atomic E-state index is 13.9. The maximum Gasteiger partial charge on any atom is 0.346 e. The molecule has 0 saturated heterocycles. The van der Waals surface area contributed by atoms with Gasteiger partial charge in [0.15, 0.2) is 11.6 Å². The van der Waals surface area contributed by atoms with Gasteiger partial charge in [-0.25, -0.2) is 13.9 Å². The third kappa shape index (κ3) is 4.20. The lowest BCUT2D eigenvalue weighted by atomic mass is 10.2. The summed E-state index contributed by atoms with van der Waals surface area (Å²) in [7, 11) is 1.41. The number of likely N-dealkylation sites (N-methyl/N-ethyl adjacent to an activating group) is 1. The predicted octanol–water partition coefficient (Wildman–Crippen LogP) is 1.97. The van der Waals surface area contributed by atoms with Crippen LogP contribution in [0.4, 0.5) is 4.39 Å². The summed E-state index contributed by atoms with van der Waals surface area (Å²) in [5.74, 6) is 0.237. The van der Waals surface area contributed by atoms with Crippen molar-refractivity contribution in [1.82, 2.24) is 19.2 Å². The fourth-order valence-electron chi connectivity index (χ4n) is 3.36. The Morgan fingerprint density at radius 3 is 2.85 bits per heavy atom. The lowest BCUT2D eigenvalue weighted by Gasteiger charge is -2.21. The molecule has 8 heteroatoms. The normalized spacial score (nSPS) is 13.7. The first kappa shape index (κ1) is 19.1. The van der Waals surface area contributed by atoms with Crippen molar-refractivity contribution in [3.05, 3.63) is 45.9 Å². The van der Waals surface area contributed by atoms with Crippen molar-refractivity contribution in [1.29, 1.82) is 0 Å². The maximum atomic E-state index is 13.9. The molecular weight excluding hydrogens is 351 g/mol. The molecule has 1 aromatic carbocycles. The SMILES string of the molecule is CCN(Cc1ccc(OC)c(F)c1)C(=O)Cn1nc2n(c1=O)CCCCC2. The van der Waals surface area contributed by atoms with Gasteiger partial charge in [0.2, 0.25) is 5.91 Å². The summed E-state index contributed by atoms with van der Waals surface area (Å²) in [5.41, 5.74) is 0.434. The molecule has 1 aromatic heterocycles. The van der Waals surface area contributed by atoms with E-state index in [4.69, 9.17) is 4.74 Å². The first-order chi connectivity index (χ1) is 13.0. The van der Waals surface area contributed by atoms with E-state index in [9.17, 15) is 14.0 Å². The van der Waals surface area contributed by atoms with Gasteiger partial charge >= 0.3 is 5.69 Å². The van der Waals surface area contributed by atoms with E-state index >= 15 is 0 Å². The number of carbonyl (C=O) groups excluding carboxylic acids is 1. The van der Waals surface area contributed by atoms with Crippen LogP contribution in [0.5, 0.6) is 5.75 Å². The highest BCUT2D eigenvalue weighted by Crippen LogP contribution is 2.19. The number of halogens is 1. The Morgan fingerprint density at radius 2 is 2.15 bits per heavy atom. The average molecular weight is 376 g/mol. The number of aromatic nitrogens is 3. The molecule has 0 N–H and O–H groups in total. The lowest BCUT2D eigenvalue weighted by molar-refractivity contribution is -0.132. The van der Waals surface area contributed by atoms with Crippen molar-refractivity contribution in [2.45, 2.75) is 52.2 Å². The highest BCUT2D eigenvalue weighted by atomic mass is 19.1. The Labute approximate surface area is 157 Å². The zero-order chi connectivity index (χ0) is 19.4. The molecule has 0 fully saturated rings. The zero-order valence-corrected chi connectivity index (χ0v) is 15.8. The Morgan fingerprint density at radius 1 is 1.33 bits per heavy atom. The summed E-state index contributed by atoms with van der Waals surface area (Å²) < 4.78 is 21.7. The van der Waals surface area contributed by atoms with Crippen LogP contribution in [-0.4, -0.2) is 38.8 Å². The van der Waals surface area contributed by atoms with Gasteiger partial charge in [-0.05, 0) is 37.5 Å². The summed E-state index contributed by atoms with van der Waals surface area (Å²) >= 11 is 0. The number of aryl methyl sites for hydroxylation is 1. The molecule has 0 radical (unpaired) electrons. The summed E-state index contributed by atoms with van der Waals surface area (Å²) in [5, 5.41) is 4.35. The number of nitrogens with zero attached hydrogens (tertiary/aromatic N) is 4. The van der Waals surface area contributed by atoms with Crippen LogP contribution in [-0.2, 0) is 30.8 Å². The molecular formula is C19H25FN4O3. The van der Waals surface area contributed by atoms with E-state index in [1.807, 2.05) is 6.92 Å². The Hall–Kier alpha value is -2.64. The van der Waals surface area contributed by atoms with E-state index in [2.05, 4.69) is 5.10 Å². The molecule has 3 rings (SSSR count). The number of fused-ring (bicyclic) bond motifs is 1. The fourth-order valence-corrected chi connectivity index (χ4v) is 3.36. The van der Waals surface area contributed by atoms with E-state index in [-0.39, 0.29) is 30.4 Å². The van der Waals surface area contributed by atoms with Gasteiger partial charge in [0.25, 0.3) is 0 Å². The first-order valence-corrected chi connectivity index (χ1v) is 9.30. The molecule has 0 bridgehead atoms. The van der Waals surface area contributed by atoms with E-state index in [1.165, 1.54) is 17.9 Å². The van der Waals surface area contributed by atoms with Gasteiger partial charge in [-0.2, -0.15) is 5.10 Å². The summed E-state index contributed by atoms with van der Waals surface area (Å²) in [6.07, 6.45) is 3.81. The molecule has 1 aliphatic rings. The summed E-state index contributed by atoms with van der Waals surface area (Å²) in [4.78, 5) is 26.8. The number of carbonyl (C=O) groups is 1. The molecule has 2 aromatic rings. The van der Waals surface area contributed by atoms with Gasteiger partial charge < -0.3 is 9.64 Å². The molecule has 1 amide bonds. The summed E-state index contributed by atoms with van der Waals surface area (Å²) in [6, 6.07) is 4.63.